The van der Waals surface area contributed by atoms with Gasteiger partial charge in [0.05, 0.1) is 0 Å². The molecule has 2 aromatic carbocycles. The SMILES string of the molecule is CC1C(=O)c2ccccc2Cc2ccccc21. The Bertz CT molecular complexity index is 584. The fourth-order valence-electron chi connectivity index (χ4n) is 2.61. The van der Waals surface area contributed by atoms with Gasteiger partial charge < -0.3 is 0 Å². The normalized spacial score (nSPS) is 18.2. The van der Waals surface area contributed by atoms with Crippen molar-refractivity contribution in [3.05, 3.63) is 70.8 Å². The highest BCUT2D eigenvalue weighted by molar-refractivity contribution is 6.02. The molecule has 84 valence electrons. The van der Waals surface area contributed by atoms with Gasteiger partial charge in [-0.05, 0) is 23.1 Å². The zero-order valence-electron chi connectivity index (χ0n) is 9.81. The minimum Gasteiger partial charge on any atom is -0.293 e. The maximum atomic E-state index is 12.4. The van der Waals surface area contributed by atoms with Crippen molar-refractivity contribution in [1.82, 2.24) is 0 Å². The van der Waals surface area contributed by atoms with Crippen molar-refractivity contribution in [3.63, 3.8) is 0 Å². The molecule has 3 rings (SSSR count). The lowest BCUT2D eigenvalue weighted by Gasteiger charge is -2.10. The van der Waals surface area contributed by atoms with Gasteiger partial charge in [-0.2, -0.15) is 0 Å². The predicted octanol–water partition coefficient (Wildman–Crippen LogP) is 3.58. The molecule has 1 heteroatoms. The monoisotopic (exact) mass is 222 g/mol. The van der Waals surface area contributed by atoms with Crippen LogP contribution < -0.4 is 0 Å². The molecular formula is C16H14O. The number of hydrogen-bond donors (Lipinski definition) is 0. The van der Waals surface area contributed by atoms with Crippen molar-refractivity contribution < 1.29 is 4.79 Å². The van der Waals surface area contributed by atoms with Gasteiger partial charge in [0.2, 0.25) is 0 Å². The van der Waals surface area contributed by atoms with Crippen molar-refractivity contribution in [3.8, 4) is 0 Å². The maximum absolute atomic E-state index is 12.4. The lowest BCUT2D eigenvalue weighted by atomic mass is 9.92. The number of carbonyl (C=O) groups excluding carboxylic acids is 1. The molecule has 0 saturated carbocycles. The Morgan fingerprint density at radius 3 is 2.41 bits per heavy atom. The van der Waals surface area contributed by atoms with E-state index in [4.69, 9.17) is 0 Å². The van der Waals surface area contributed by atoms with E-state index in [1.165, 1.54) is 11.1 Å². The van der Waals surface area contributed by atoms with Crippen LogP contribution in [0.15, 0.2) is 48.5 Å². The maximum Gasteiger partial charge on any atom is 0.170 e. The number of rotatable bonds is 0. The van der Waals surface area contributed by atoms with E-state index in [2.05, 4.69) is 18.2 Å². The number of ketones is 1. The second-order valence-corrected chi connectivity index (χ2v) is 4.62. The van der Waals surface area contributed by atoms with Crippen LogP contribution in [0.2, 0.25) is 0 Å². The van der Waals surface area contributed by atoms with Crippen molar-refractivity contribution in [2.75, 3.05) is 0 Å². The van der Waals surface area contributed by atoms with Crippen LogP contribution in [0.3, 0.4) is 0 Å². The molecular weight excluding hydrogens is 208 g/mol. The molecule has 0 radical (unpaired) electrons. The highest BCUT2D eigenvalue weighted by atomic mass is 16.1. The number of Topliss-reactive ketones (excluding diaryl/α,β-unsaturated/α-hetero) is 1. The van der Waals surface area contributed by atoms with Crippen LogP contribution in [-0.2, 0) is 6.42 Å². The molecule has 0 saturated heterocycles. The van der Waals surface area contributed by atoms with E-state index in [0.717, 1.165) is 17.5 Å². The van der Waals surface area contributed by atoms with Crippen LogP contribution in [0.4, 0.5) is 0 Å². The van der Waals surface area contributed by atoms with Crippen molar-refractivity contribution in [1.29, 1.82) is 0 Å². The first-order chi connectivity index (χ1) is 8.27. The number of carbonyl (C=O) groups is 1. The van der Waals surface area contributed by atoms with Gasteiger partial charge in [-0.15, -0.1) is 0 Å². The van der Waals surface area contributed by atoms with Gasteiger partial charge in [-0.1, -0.05) is 55.5 Å². The predicted molar refractivity (Wildman–Crippen MR) is 68.4 cm³/mol. The van der Waals surface area contributed by atoms with Crippen LogP contribution in [0.5, 0.6) is 0 Å². The summed E-state index contributed by atoms with van der Waals surface area (Å²) in [5.74, 6) is 0.209. The Labute approximate surface area is 101 Å². The average Bonchev–Trinajstić information content (AvgIpc) is 2.48. The first kappa shape index (κ1) is 10.3. The Hall–Kier alpha value is -1.89. The summed E-state index contributed by atoms with van der Waals surface area (Å²) in [6.07, 6.45) is 0.864. The third-order valence-corrected chi connectivity index (χ3v) is 3.58. The van der Waals surface area contributed by atoms with E-state index in [0.29, 0.717) is 0 Å². The van der Waals surface area contributed by atoms with Crippen LogP contribution in [0.25, 0.3) is 0 Å². The molecule has 1 aliphatic rings. The molecule has 0 amide bonds. The van der Waals surface area contributed by atoms with E-state index < -0.39 is 0 Å². The first-order valence-electron chi connectivity index (χ1n) is 5.97. The molecule has 1 unspecified atom stereocenters. The summed E-state index contributed by atoms with van der Waals surface area (Å²) in [7, 11) is 0. The molecule has 0 aliphatic heterocycles. The molecule has 0 heterocycles. The summed E-state index contributed by atoms with van der Waals surface area (Å²) in [6.45, 7) is 2.00. The zero-order chi connectivity index (χ0) is 11.8. The van der Waals surface area contributed by atoms with Gasteiger partial charge in [-0.25, -0.2) is 0 Å². The van der Waals surface area contributed by atoms with Crippen LogP contribution in [0.1, 0.15) is 39.9 Å². The van der Waals surface area contributed by atoms with Crippen LogP contribution in [0, 0.1) is 0 Å². The van der Waals surface area contributed by atoms with Gasteiger partial charge in [0.25, 0.3) is 0 Å². The van der Waals surface area contributed by atoms with Gasteiger partial charge >= 0.3 is 0 Å². The highest BCUT2D eigenvalue weighted by Gasteiger charge is 2.25. The summed E-state index contributed by atoms with van der Waals surface area (Å²) in [6, 6.07) is 16.2. The summed E-state index contributed by atoms with van der Waals surface area (Å²) in [5.41, 5.74) is 4.48. The van der Waals surface area contributed by atoms with Crippen molar-refractivity contribution in [2.24, 2.45) is 0 Å². The van der Waals surface area contributed by atoms with E-state index >= 15 is 0 Å². The van der Waals surface area contributed by atoms with E-state index in [1.54, 1.807) is 0 Å². The van der Waals surface area contributed by atoms with Gasteiger partial charge in [-0.3, -0.25) is 4.79 Å². The smallest absolute Gasteiger partial charge is 0.170 e. The zero-order valence-corrected chi connectivity index (χ0v) is 9.81. The van der Waals surface area contributed by atoms with E-state index in [1.807, 2.05) is 37.3 Å². The number of fused-ring (bicyclic) bond motifs is 2. The summed E-state index contributed by atoms with van der Waals surface area (Å²) in [5, 5.41) is 0. The number of hydrogen-bond acceptors (Lipinski definition) is 1. The van der Waals surface area contributed by atoms with Crippen molar-refractivity contribution >= 4 is 5.78 Å². The Morgan fingerprint density at radius 1 is 0.941 bits per heavy atom. The first-order valence-corrected chi connectivity index (χ1v) is 5.97. The summed E-state index contributed by atoms with van der Waals surface area (Å²) >= 11 is 0. The summed E-state index contributed by atoms with van der Waals surface area (Å²) < 4.78 is 0. The molecule has 0 spiro atoms. The average molecular weight is 222 g/mol. The number of benzene rings is 2. The fourth-order valence-corrected chi connectivity index (χ4v) is 2.61. The summed E-state index contributed by atoms with van der Waals surface area (Å²) in [4.78, 5) is 12.4. The molecule has 0 fully saturated rings. The standard InChI is InChI=1S/C16H14O/c1-11-14-8-4-2-6-12(14)10-13-7-3-5-9-15(13)16(11)17/h2-9,11H,10H2,1H3. The van der Waals surface area contributed by atoms with Gasteiger partial charge in [0.1, 0.15) is 0 Å². The van der Waals surface area contributed by atoms with Crippen LogP contribution in [-0.4, -0.2) is 5.78 Å². The Balaban J connectivity index is 2.24. The third kappa shape index (κ3) is 1.59. The van der Waals surface area contributed by atoms with E-state index in [-0.39, 0.29) is 11.7 Å². The molecule has 0 bridgehead atoms. The minimum absolute atomic E-state index is 0.0325. The largest absolute Gasteiger partial charge is 0.293 e. The molecule has 2 aromatic rings. The topological polar surface area (TPSA) is 17.1 Å². The van der Waals surface area contributed by atoms with Crippen molar-refractivity contribution in [2.45, 2.75) is 19.3 Å². The molecule has 17 heavy (non-hydrogen) atoms. The Kier molecular flexibility index (Phi) is 2.32. The van der Waals surface area contributed by atoms with Crippen LogP contribution >= 0.6 is 0 Å². The fraction of sp³-hybridized carbons (Fsp3) is 0.188. The van der Waals surface area contributed by atoms with Gasteiger partial charge in [0, 0.05) is 11.5 Å². The molecule has 1 aliphatic carbocycles. The third-order valence-electron chi connectivity index (χ3n) is 3.58. The minimum atomic E-state index is -0.0325. The molecule has 0 aromatic heterocycles. The van der Waals surface area contributed by atoms with E-state index in [9.17, 15) is 4.79 Å². The lowest BCUT2D eigenvalue weighted by molar-refractivity contribution is 0.0966. The Morgan fingerprint density at radius 2 is 1.59 bits per heavy atom. The molecule has 1 atom stereocenters. The van der Waals surface area contributed by atoms with Gasteiger partial charge in [0.15, 0.2) is 5.78 Å². The highest BCUT2D eigenvalue weighted by Crippen LogP contribution is 2.31. The molecule has 1 nitrogen and oxygen atoms in total. The quantitative estimate of drug-likeness (QED) is 0.666. The second-order valence-electron chi connectivity index (χ2n) is 4.62. The molecule has 0 N–H and O–H groups in total. The second kappa shape index (κ2) is 3.85. The lowest BCUT2D eigenvalue weighted by Crippen LogP contribution is -2.09.